The summed E-state index contributed by atoms with van der Waals surface area (Å²) in [5, 5.41) is 3.78. The number of nitrogens with two attached hydrogens (primary N) is 1. The molecule has 2 aromatic rings. The fourth-order valence-corrected chi connectivity index (χ4v) is 2.46. The standard InChI is InChI=1S/C9H12N6O2S/c1-15-5-8(9(10)14-15)18(16,17)13-4-7-2-3-11-6-12-7/h2-3,5-6,13H,4H2,1H3,(H2,10,14). The van der Waals surface area contributed by atoms with Crippen molar-refractivity contribution in [3.63, 3.8) is 0 Å². The second-order valence-electron chi connectivity index (χ2n) is 3.58. The monoisotopic (exact) mass is 268 g/mol. The smallest absolute Gasteiger partial charge is 0.246 e. The van der Waals surface area contributed by atoms with Crippen molar-refractivity contribution in [1.29, 1.82) is 0 Å². The van der Waals surface area contributed by atoms with E-state index in [-0.39, 0.29) is 17.3 Å². The van der Waals surface area contributed by atoms with E-state index < -0.39 is 10.0 Å². The van der Waals surface area contributed by atoms with Gasteiger partial charge in [0.2, 0.25) is 10.0 Å². The zero-order valence-electron chi connectivity index (χ0n) is 9.61. The molecule has 0 aliphatic heterocycles. The molecule has 2 aromatic heterocycles. The topological polar surface area (TPSA) is 116 Å². The lowest BCUT2D eigenvalue weighted by molar-refractivity contribution is 0.580. The average Bonchev–Trinajstić information content (AvgIpc) is 2.68. The SMILES string of the molecule is Cn1cc(S(=O)(=O)NCc2ccncn2)c(N)n1. The van der Waals surface area contributed by atoms with Gasteiger partial charge >= 0.3 is 0 Å². The Morgan fingerprint density at radius 1 is 1.50 bits per heavy atom. The summed E-state index contributed by atoms with van der Waals surface area (Å²) in [4.78, 5) is 7.61. The van der Waals surface area contributed by atoms with Crippen LogP contribution in [0, 0.1) is 0 Å². The van der Waals surface area contributed by atoms with Crippen LogP contribution >= 0.6 is 0 Å². The van der Waals surface area contributed by atoms with Crippen LogP contribution in [0.25, 0.3) is 0 Å². The van der Waals surface area contributed by atoms with Gasteiger partial charge in [0.15, 0.2) is 5.82 Å². The Morgan fingerprint density at radius 3 is 2.83 bits per heavy atom. The maximum atomic E-state index is 12.0. The Kier molecular flexibility index (Phi) is 3.26. The first-order valence-electron chi connectivity index (χ1n) is 5.03. The van der Waals surface area contributed by atoms with Crippen molar-refractivity contribution in [3.05, 3.63) is 30.5 Å². The summed E-state index contributed by atoms with van der Waals surface area (Å²) < 4.78 is 27.6. The summed E-state index contributed by atoms with van der Waals surface area (Å²) in [6.45, 7) is 0.0686. The van der Waals surface area contributed by atoms with E-state index >= 15 is 0 Å². The molecule has 3 N–H and O–H groups in total. The minimum atomic E-state index is -3.69. The fourth-order valence-electron chi connectivity index (χ4n) is 1.36. The molecule has 0 fully saturated rings. The Bertz CT molecular complexity index is 636. The molecular weight excluding hydrogens is 256 g/mol. The van der Waals surface area contributed by atoms with Gasteiger partial charge in [0.25, 0.3) is 0 Å². The van der Waals surface area contributed by atoms with Crippen molar-refractivity contribution in [2.24, 2.45) is 7.05 Å². The lowest BCUT2D eigenvalue weighted by atomic mass is 10.4. The molecule has 0 radical (unpaired) electrons. The molecule has 96 valence electrons. The molecule has 8 nitrogen and oxygen atoms in total. The van der Waals surface area contributed by atoms with E-state index in [0.717, 1.165) is 0 Å². The van der Waals surface area contributed by atoms with Gasteiger partial charge in [0.1, 0.15) is 11.2 Å². The van der Waals surface area contributed by atoms with E-state index in [9.17, 15) is 8.42 Å². The third kappa shape index (κ3) is 2.63. The summed E-state index contributed by atoms with van der Waals surface area (Å²) in [5.74, 6) is -0.0345. The lowest BCUT2D eigenvalue weighted by Gasteiger charge is -2.04. The number of nitrogens with one attached hydrogen (secondary N) is 1. The lowest BCUT2D eigenvalue weighted by Crippen LogP contribution is -2.24. The molecule has 0 bridgehead atoms. The van der Waals surface area contributed by atoms with Crippen LogP contribution in [0.3, 0.4) is 0 Å². The molecule has 0 aliphatic carbocycles. The van der Waals surface area contributed by atoms with Gasteiger partial charge in [-0.1, -0.05) is 0 Å². The molecule has 2 rings (SSSR count). The summed E-state index contributed by atoms with van der Waals surface area (Å²) in [6.07, 6.45) is 4.23. The van der Waals surface area contributed by atoms with Crippen molar-refractivity contribution in [3.8, 4) is 0 Å². The van der Waals surface area contributed by atoms with E-state index in [4.69, 9.17) is 5.73 Å². The highest BCUT2D eigenvalue weighted by atomic mass is 32.2. The number of hydrogen-bond acceptors (Lipinski definition) is 6. The van der Waals surface area contributed by atoms with E-state index in [0.29, 0.717) is 5.69 Å². The number of nitrogen functional groups attached to an aromatic ring is 1. The minimum absolute atomic E-state index is 0.0345. The van der Waals surface area contributed by atoms with Crippen LogP contribution in [0.1, 0.15) is 5.69 Å². The number of hydrogen-bond donors (Lipinski definition) is 2. The Labute approximate surface area is 104 Å². The van der Waals surface area contributed by atoms with Gasteiger partial charge in [-0.3, -0.25) is 4.68 Å². The number of sulfonamides is 1. The first kappa shape index (κ1) is 12.5. The van der Waals surface area contributed by atoms with Gasteiger partial charge in [-0.25, -0.2) is 23.1 Å². The number of rotatable bonds is 4. The number of aryl methyl sites for hydroxylation is 1. The molecule has 0 unspecified atom stereocenters. The Hall–Kier alpha value is -2.00. The number of aromatic nitrogens is 4. The van der Waals surface area contributed by atoms with Crippen LogP contribution in [-0.2, 0) is 23.6 Å². The highest BCUT2D eigenvalue weighted by Gasteiger charge is 2.20. The van der Waals surface area contributed by atoms with E-state index in [1.165, 1.54) is 23.4 Å². The summed E-state index contributed by atoms with van der Waals surface area (Å²) in [6, 6.07) is 1.62. The average molecular weight is 268 g/mol. The van der Waals surface area contributed by atoms with Gasteiger partial charge in [0.05, 0.1) is 12.2 Å². The van der Waals surface area contributed by atoms with E-state index in [1.54, 1.807) is 13.1 Å². The van der Waals surface area contributed by atoms with Crippen molar-refractivity contribution in [2.75, 3.05) is 5.73 Å². The fraction of sp³-hybridized carbons (Fsp3) is 0.222. The van der Waals surface area contributed by atoms with Gasteiger partial charge < -0.3 is 5.73 Å². The maximum Gasteiger partial charge on any atom is 0.246 e. The van der Waals surface area contributed by atoms with Crippen LogP contribution < -0.4 is 10.5 Å². The summed E-state index contributed by atoms with van der Waals surface area (Å²) in [7, 11) is -2.09. The normalized spacial score (nSPS) is 11.6. The van der Waals surface area contributed by atoms with Gasteiger partial charge in [-0.15, -0.1) is 0 Å². The number of anilines is 1. The highest BCUT2D eigenvalue weighted by Crippen LogP contribution is 2.15. The molecule has 0 saturated heterocycles. The van der Waals surface area contributed by atoms with Crippen LogP contribution in [0.2, 0.25) is 0 Å². The highest BCUT2D eigenvalue weighted by molar-refractivity contribution is 7.89. The first-order valence-corrected chi connectivity index (χ1v) is 6.51. The van der Waals surface area contributed by atoms with Crippen LogP contribution in [0.4, 0.5) is 5.82 Å². The third-order valence-electron chi connectivity index (χ3n) is 2.20. The second-order valence-corrected chi connectivity index (χ2v) is 5.31. The van der Waals surface area contributed by atoms with Crippen molar-refractivity contribution in [2.45, 2.75) is 11.4 Å². The first-order chi connectivity index (χ1) is 8.49. The van der Waals surface area contributed by atoms with Crippen molar-refractivity contribution in [1.82, 2.24) is 24.5 Å². The van der Waals surface area contributed by atoms with Crippen LogP contribution in [0.15, 0.2) is 29.7 Å². The second kappa shape index (κ2) is 4.70. The van der Waals surface area contributed by atoms with Crippen molar-refractivity contribution < 1.29 is 8.42 Å². The van der Waals surface area contributed by atoms with Crippen LogP contribution in [-0.4, -0.2) is 28.2 Å². The summed E-state index contributed by atoms with van der Waals surface area (Å²) >= 11 is 0. The van der Waals surface area contributed by atoms with Gasteiger partial charge in [0, 0.05) is 19.4 Å². The summed E-state index contributed by atoms with van der Waals surface area (Å²) in [5.41, 5.74) is 6.09. The van der Waals surface area contributed by atoms with E-state index in [2.05, 4.69) is 19.8 Å². The zero-order chi connectivity index (χ0) is 13.2. The maximum absolute atomic E-state index is 12.0. The molecule has 18 heavy (non-hydrogen) atoms. The number of nitrogens with zero attached hydrogens (tertiary/aromatic N) is 4. The minimum Gasteiger partial charge on any atom is -0.381 e. The van der Waals surface area contributed by atoms with Crippen molar-refractivity contribution >= 4 is 15.8 Å². The molecule has 0 aromatic carbocycles. The molecule has 0 spiro atoms. The molecule has 0 saturated carbocycles. The third-order valence-corrected chi connectivity index (χ3v) is 3.62. The molecule has 0 amide bonds. The Morgan fingerprint density at radius 2 is 2.28 bits per heavy atom. The predicted molar refractivity (Wildman–Crippen MR) is 63.7 cm³/mol. The quantitative estimate of drug-likeness (QED) is 0.755. The van der Waals surface area contributed by atoms with E-state index in [1.807, 2.05) is 0 Å². The van der Waals surface area contributed by atoms with Crippen LogP contribution in [0.5, 0.6) is 0 Å². The molecule has 9 heteroatoms. The van der Waals surface area contributed by atoms with Gasteiger partial charge in [-0.05, 0) is 6.07 Å². The molecular formula is C9H12N6O2S. The molecule has 0 atom stereocenters. The largest absolute Gasteiger partial charge is 0.381 e. The van der Waals surface area contributed by atoms with Gasteiger partial charge in [-0.2, -0.15) is 5.10 Å². The zero-order valence-corrected chi connectivity index (χ0v) is 10.4. The molecule has 2 heterocycles. The Balaban J connectivity index is 2.16. The predicted octanol–water partition coefficient (Wildman–Crippen LogP) is -0.729. The molecule has 0 aliphatic rings.